The lowest BCUT2D eigenvalue weighted by molar-refractivity contribution is -0.119. The van der Waals surface area contributed by atoms with Crippen LogP contribution in [0.25, 0.3) is 0 Å². The van der Waals surface area contributed by atoms with Gasteiger partial charge in [0, 0.05) is 19.0 Å². The van der Waals surface area contributed by atoms with Crippen LogP contribution in [0.15, 0.2) is 18.2 Å². The second kappa shape index (κ2) is 6.40. The summed E-state index contributed by atoms with van der Waals surface area (Å²) in [6, 6.07) is 5.07. The molecule has 1 unspecified atom stereocenters. The maximum absolute atomic E-state index is 12.2. The van der Waals surface area contributed by atoms with Crippen molar-refractivity contribution in [2.45, 2.75) is 27.2 Å². The number of hydrogen-bond donors (Lipinski definition) is 2. The third kappa shape index (κ3) is 3.47. The first kappa shape index (κ1) is 14.5. The molecule has 0 aliphatic rings. The minimum Gasteiger partial charge on any atom is -0.508 e. The van der Waals surface area contributed by atoms with Gasteiger partial charge in [-0.15, -0.1) is 0 Å². The van der Waals surface area contributed by atoms with E-state index in [2.05, 4.69) is 0 Å². The quantitative estimate of drug-likeness (QED) is 0.840. The molecule has 0 aromatic heterocycles. The SMILES string of the molecule is CCN(C(=O)CC(C)CN)c1cc(O)ccc1C. The van der Waals surface area contributed by atoms with Crippen LogP contribution in [0.3, 0.4) is 0 Å². The van der Waals surface area contributed by atoms with Gasteiger partial charge in [0.15, 0.2) is 0 Å². The standard InChI is InChI=1S/C14H22N2O2/c1-4-16(14(18)7-10(2)9-15)13-8-12(17)6-5-11(13)3/h5-6,8,10,17H,4,7,9,15H2,1-3H3. The Labute approximate surface area is 108 Å². The Hall–Kier alpha value is -1.55. The highest BCUT2D eigenvalue weighted by Crippen LogP contribution is 2.25. The normalized spacial score (nSPS) is 12.2. The van der Waals surface area contributed by atoms with Crippen LogP contribution in [0.1, 0.15) is 25.8 Å². The number of phenols is 1. The number of nitrogens with two attached hydrogens (primary N) is 1. The smallest absolute Gasteiger partial charge is 0.227 e. The average molecular weight is 250 g/mol. The Kier molecular flexibility index (Phi) is 5.16. The van der Waals surface area contributed by atoms with E-state index in [1.54, 1.807) is 17.0 Å². The van der Waals surface area contributed by atoms with E-state index in [1.807, 2.05) is 26.8 Å². The number of carbonyl (C=O) groups is 1. The summed E-state index contributed by atoms with van der Waals surface area (Å²) in [6.45, 7) is 6.90. The summed E-state index contributed by atoms with van der Waals surface area (Å²) in [7, 11) is 0. The molecule has 1 aromatic rings. The predicted octanol–water partition coefficient (Wildman–Crippen LogP) is 2.04. The number of amides is 1. The molecule has 100 valence electrons. The van der Waals surface area contributed by atoms with Crippen molar-refractivity contribution in [1.82, 2.24) is 0 Å². The molecule has 0 saturated carbocycles. The fourth-order valence-corrected chi connectivity index (χ4v) is 1.86. The third-order valence-electron chi connectivity index (χ3n) is 3.03. The van der Waals surface area contributed by atoms with E-state index in [0.29, 0.717) is 19.5 Å². The van der Waals surface area contributed by atoms with E-state index >= 15 is 0 Å². The fourth-order valence-electron chi connectivity index (χ4n) is 1.86. The Bertz CT molecular complexity index is 418. The van der Waals surface area contributed by atoms with Crippen LogP contribution in [0.2, 0.25) is 0 Å². The van der Waals surface area contributed by atoms with Gasteiger partial charge in [-0.25, -0.2) is 0 Å². The van der Waals surface area contributed by atoms with E-state index in [0.717, 1.165) is 11.3 Å². The molecule has 0 bridgehead atoms. The van der Waals surface area contributed by atoms with Gasteiger partial charge in [0.25, 0.3) is 0 Å². The largest absolute Gasteiger partial charge is 0.508 e. The van der Waals surface area contributed by atoms with Crippen LogP contribution in [-0.2, 0) is 4.79 Å². The monoisotopic (exact) mass is 250 g/mol. The van der Waals surface area contributed by atoms with Crippen molar-refractivity contribution in [3.63, 3.8) is 0 Å². The maximum atomic E-state index is 12.2. The predicted molar refractivity (Wildman–Crippen MR) is 73.7 cm³/mol. The lowest BCUT2D eigenvalue weighted by Gasteiger charge is -2.24. The lowest BCUT2D eigenvalue weighted by Crippen LogP contribution is -2.33. The first-order valence-electron chi connectivity index (χ1n) is 6.29. The molecule has 0 fully saturated rings. The molecule has 3 N–H and O–H groups in total. The minimum absolute atomic E-state index is 0.0455. The van der Waals surface area contributed by atoms with Gasteiger partial charge in [-0.05, 0) is 37.9 Å². The first-order valence-corrected chi connectivity index (χ1v) is 6.29. The van der Waals surface area contributed by atoms with E-state index in [4.69, 9.17) is 5.73 Å². The Morgan fingerprint density at radius 2 is 2.17 bits per heavy atom. The summed E-state index contributed by atoms with van der Waals surface area (Å²) >= 11 is 0. The fraction of sp³-hybridized carbons (Fsp3) is 0.500. The molecule has 4 nitrogen and oxygen atoms in total. The van der Waals surface area contributed by atoms with E-state index in [-0.39, 0.29) is 17.6 Å². The number of nitrogens with zero attached hydrogens (tertiary/aromatic N) is 1. The van der Waals surface area contributed by atoms with Crippen molar-refractivity contribution in [3.8, 4) is 5.75 Å². The van der Waals surface area contributed by atoms with Gasteiger partial charge < -0.3 is 15.7 Å². The van der Waals surface area contributed by atoms with Gasteiger partial charge in [0.2, 0.25) is 5.91 Å². The molecule has 0 saturated heterocycles. The number of anilines is 1. The summed E-state index contributed by atoms with van der Waals surface area (Å²) in [5.74, 6) is 0.391. The molecule has 1 aromatic carbocycles. The van der Waals surface area contributed by atoms with Gasteiger partial charge in [-0.3, -0.25) is 4.79 Å². The number of hydrogen-bond acceptors (Lipinski definition) is 3. The Balaban J connectivity index is 2.95. The molecule has 4 heteroatoms. The second-order valence-electron chi connectivity index (χ2n) is 4.65. The maximum Gasteiger partial charge on any atom is 0.227 e. The number of aromatic hydroxyl groups is 1. The number of benzene rings is 1. The molecule has 0 radical (unpaired) electrons. The van der Waals surface area contributed by atoms with Crippen LogP contribution in [0, 0.1) is 12.8 Å². The number of rotatable bonds is 5. The van der Waals surface area contributed by atoms with Gasteiger partial charge in [-0.1, -0.05) is 13.0 Å². The summed E-state index contributed by atoms with van der Waals surface area (Å²) in [5, 5.41) is 9.53. The van der Waals surface area contributed by atoms with Crippen molar-refractivity contribution in [3.05, 3.63) is 23.8 Å². The zero-order valence-corrected chi connectivity index (χ0v) is 11.3. The van der Waals surface area contributed by atoms with E-state index < -0.39 is 0 Å². The number of carbonyl (C=O) groups excluding carboxylic acids is 1. The molecule has 1 atom stereocenters. The van der Waals surface area contributed by atoms with E-state index in [9.17, 15) is 9.90 Å². The highest BCUT2D eigenvalue weighted by atomic mass is 16.3. The highest BCUT2D eigenvalue weighted by Gasteiger charge is 2.18. The number of aryl methyl sites for hydroxylation is 1. The summed E-state index contributed by atoms with van der Waals surface area (Å²) in [4.78, 5) is 13.9. The molecule has 0 aliphatic heterocycles. The second-order valence-corrected chi connectivity index (χ2v) is 4.65. The first-order chi connectivity index (χ1) is 8.49. The number of phenolic OH excluding ortho intramolecular Hbond substituents is 1. The van der Waals surface area contributed by atoms with Gasteiger partial charge >= 0.3 is 0 Å². The van der Waals surface area contributed by atoms with Crippen molar-refractivity contribution in [2.75, 3.05) is 18.0 Å². The third-order valence-corrected chi connectivity index (χ3v) is 3.03. The van der Waals surface area contributed by atoms with Crippen LogP contribution in [0.5, 0.6) is 5.75 Å². The lowest BCUT2D eigenvalue weighted by atomic mass is 10.1. The van der Waals surface area contributed by atoms with Crippen LogP contribution in [0.4, 0.5) is 5.69 Å². The van der Waals surface area contributed by atoms with Crippen molar-refractivity contribution < 1.29 is 9.90 Å². The highest BCUT2D eigenvalue weighted by molar-refractivity contribution is 5.94. The van der Waals surface area contributed by atoms with Crippen molar-refractivity contribution in [2.24, 2.45) is 11.7 Å². The zero-order chi connectivity index (χ0) is 13.7. The summed E-state index contributed by atoms with van der Waals surface area (Å²) < 4.78 is 0. The summed E-state index contributed by atoms with van der Waals surface area (Å²) in [6.07, 6.45) is 0.430. The summed E-state index contributed by atoms with van der Waals surface area (Å²) in [5.41, 5.74) is 7.29. The van der Waals surface area contributed by atoms with Crippen molar-refractivity contribution >= 4 is 11.6 Å². The molecular formula is C14H22N2O2. The van der Waals surface area contributed by atoms with Gasteiger partial charge in [-0.2, -0.15) is 0 Å². The Morgan fingerprint density at radius 3 is 2.72 bits per heavy atom. The van der Waals surface area contributed by atoms with Gasteiger partial charge in [0.1, 0.15) is 5.75 Å². The Morgan fingerprint density at radius 1 is 1.50 bits per heavy atom. The molecule has 18 heavy (non-hydrogen) atoms. The van der Waals surface area contributed by atoms with Gasteiger partial charge in [0.05, 0.1) is 5.69 Å². The minimum atomic E-state index is 0.0455. The molecule has 1 rings (SSSR count). The molecule has 1 amide bonds. The topological polar surface area (TPSA) is 66.6 Å². The average Bonchev–Trinajstić information content (AvgIpc) is 2.34. The van der Waals surface area contributed by atoms with Crippen LogP contribution >= 0.6 is 0 Å². The molecular weight excluding hydrogens is 228 g/mol. The van der Waals surface area contributed by atoms with Crippen LogP contribution < -0.4 is 10.6 Å². The molecule has 0 spiro atoms. The zero-order valence-electron chi connectivity index (χ0n) is 11.3. The van der Waals surface area contributed by atoms with Crippen molar-refractivity contribution in [1.29, 1.82) is 0 Å². The van der Waals surface area contributed by atoms with Crippen LogP contribution in [-0.4, -0.2) is 24.1 Å². The molecule has 0 heterocycles. The van der Waals surface area contributed by atoms with E-state index in [1.165, 1.54) is 0 Å². The molecule has 0 aliphatic carbocycles.